The molecule has 7 heteroatoms. The molecule has 0 unspecified atom stereocenters. The molecule has 17 heavy (non-hydrogen) atoms. The molecule has 1 aromatic heterocycles. The van der Waals surface area contributed by atoms with E-state index in [4.69, 9.17) is 0 Å². The molecule has 0 bridgehead atoms. The minimum atomic E-state index is -0.415. The topological polar surface area (TPSA) is 71.3 Å². The summed E-state index contributed by atoms with van der Waals surface area (Å²) in [6.07, 6.45) is 1.32. The average Bonchev–Trinajstić information content (AvgIpc) is 2.30. The van der Waals surface area contributed by atoms with Gasteiger partial charge in [-0.2, -0.15) is 0 Å². The minimum absolute atomic E-state index is 0. The first-order valence-corrected chi connectivity index (χ1v) is 5.25. The van der Waals surface area contributed by atoms with E-state index in [1.54, 1.807) is 6.07 Å². The van der Waals surface area contributed by atoms with E-state index < -0.39 is 4.92 Å². The third-order valence-electron chi connectivity index (χ3n) is 2.66. The maximum Gasteiger partial charge on any atom is 0.287 e. The number of hydrogen-bond acceptors (Lipinski definition) is 5. The van der Waals surface area contributed by atoms with Crippen molar-refractivity contribution in [3.8, 4) is 0 Å². The van der Waals surface area contributed by atoms with E-state index in [9.17, 15) is 10.1 Å². The molecule has 1 fully saturated rings. The van der Waals surface area contributed by atoms with E-state index in [0.29, 0.717) is 0 Å². The van der Waals surface area contributed by atoms with Gasteiger partial charge in [-0.25, -0.2) is 4.98 Å². The molecule has 0 saturated carbocycles. The van der Waals surface area contributed by atoms with Gasteiger partial charge >= 0.3 is 0 Å². The molecule has 0 aliphatic carbocycles. The lowest BCUT2D eigenvalue weighted by Crippen LogP contribution is -2.44. The van der Waals surface area contributed by atoms with Crippen LogP contribution in [0.3, 0.4) is 0 Å². The highest BCUT2D eigenvalue weighted by Crippen LogP contribution is 2.21. The van der Waals surface area contributed by atoms with Crippen molar-refractivity contribution in [3.05, 3.63) is 27.9 Å². The summed E-state index contributed by atoms with van der Waals surface area (Å²) in [5.74, 6) is 0.854. The second-order valence-corrected chi connectivity index (χ2v) is 3.83. The van der Waals surface area contributed by atoms with Crippen LogP contribution in [-0.2, 0) is 0 Å². The van der Waals surface area contributed by atoms with Gasteiger partial charge in [-0.1, -0.05) is 0 Å². The largest absolute Gasteiger partial charge is 0.354 e. The van der Waals surface area contributed by atoms with Crippen molar-refractivity contribution in [1.82, 2.24) is 10.3 Å². The summed E-state index contributed by atoms with van der Waals surface area (Å²) in [6.45, 7) is 5.50. The first-order chi connectivity index (χ1) is 7.68. The van der Waals surface area contributed by atoms with Gasteiger partial charge in [-0.3, -0.25) is 10.1 Å². The number of aromatic nitrogens is 1. The number of aryl methyl sites for hydroxylation is 1. The maximum absolute atomic E-state index is 10.6. The summed E-state index contributed by atoms with van der Waals surface area (Å²) in [6, 6.07) is 1.57. The van der Waals surface area contributed by atoms with Crippen LogP contribution in [0.25, 0.3) is 0 Å². The van der Waals surface area contributed by atoms with Crippen molar-refractivity contribution in [3.63, 3.8) is 0 Å². The van der Waals surface area contributed by atoms with E-state index in [2.05, 4.69) is 15.2 Å². The monoisotopic (exact) mass is 258 g/mol. The molecule has 1 N–H and O–H groups in total. The Labute approximate surface area is 106 Å². The Balaban J connectivity index is 0.00000144. The SMILES string of the molecule is Cc1cc([N+](=O)[O-])cnc1N1CCNCC1.Cl. The number of piperazine rings is 1. The number of rotatable bonds is 2. The zero-order chi connectivity index (χ0) is 11.5. The molecule has 0 atom stereocenters. The van der Waals surface area contributed by atoms with Crippen LogP contribution in [0.4, 0.5) is 11.5 Å². The number of hydrogen-bond donors (Lipinski definition) is 1. The summed E-state index contributed by atoms with van der Waals surface area (Å²) in [5, 5.41) is 13.8. The number of nitro groups is 1. The van der Waals surface area contributed by atoms with Crippen LogP contribution in [0.2, 0.25) is 0 Å². The van der Waals surface area contributed by atoms with Crippen molar-refractivity contribution < 1.29 is 4.92 Å². The molecule has 2 heterocycles. The Morgan fingerprint density at radius 1 is 1.47 bits per heavy atom. The van der Waals surface area contributed by atoms with Gasteiger partial charge in [0.25, 0.3) is 5.69 Å². The van der Waals surface area contributed by atoms with Gasteiger partial charge in [0.05, 0.1) is 4.92 Å². The van der Waals surface area contributed by atoms with E-state index in [-0.39, 0.29) is 18.1 Å². The van der Waals surface area contributed by atoms with Gasteiger partial charge in [0.15, 0.2) is 0 Å². The summed E-state index contributed by atoms with van der Waals surface area (Å²) in [4.78, 5) is 16.5. The molecule has 0 spiro atoms. The molecule has 1 aliphatic heterocycles. The van der Waals surface area contributed by atoms with Gasteiger partial charge in [-0.15, -0.1) is 12.4 Å². The molecule has 94 valence electrons. The third kappa shape index (κ3) is 3.04. The minimum Gasteiger partial charge on any atom is -0.354 e. The van der Waals surface area contributed by atoms with Crippen LogP contribution in [-0.4, -0.2) is 36.1 Å². The van der Waals surface area contributed by atoms with Crippen LogP contribution < -0.4 is 10.2 Å². The van der Waals surface area contributed by atoms with E-state index in [0.717, 1.165) is 37.6 Å². The predicted molar refractivity (Wildman–Crippen MR) is 68.0 cm³/mol. The molecule has 1 saturated heterocycles. The highest BCUT2D eigenvalue weighted by molar-refractivity contribution is 5.85. The molecular formula is C10H15ClN4O2. The lowest BCUT2D eigenvalue weighted by atomic mass is 10.2. The molecule has 0 radical (unpaired) electrons. The Hall–Kier alpha value is -1.40. The molecule has 6 nitrogen and oxygen atoms in total. The van der Waals surface area contributed by atoms with E-state index in [1.165, 1.54) is 6.20 Å². The first-order valence-electron chi connectivity index (χ1n) is 5.25. The number of halogens is 1. The predicted octanol–water partition coefficient (Wildman–Crippen LogP) is 1.13. The zero-order valence-corrected chi connectivity index (χ0v) is 10.4. The van der Waals surface area contributed by atoms with Crippen molar-refractivity contribution in [2.24, 2.45) is 0 Å². The summed E-state index contributed by atoms with van der Waals surface area (Å²) in [5.41, 5.74) is 0.910. The van der Waals surface area contributed by atoms with Gasteiger partial charge in [0.1, 0.15) is 12.0 Å². The lowest BCUT2D eigenvalue weighted by molar-refractivity contribution is -0.385. The van der Waals surface area contributed by atoms with Crippen molar-refractivity contribution in [2.45, 2.75) is 6.92 Å². The normalized spacial score (nSPS) is 15.2. The molecule has 0 aromatic carbocycles. The Bertz CT molecular complexity index is 407. The third-order valence-corrected chi connectivity index (χ3v) is 2.66. The standard InChI is InChI=1S/C10H14N4O2.ClH/c1-8-6-9(14(15)16)7-12-10(8)13-4-2-11-3-5-13;/h6-7,11H,2-5H2,1H3;1H. The second kappa shape index (κ2) is 5.79. The van der Waals surface area contributed by atoms with Gasteiger partial charge < -0.3 is 10.2 Å². The molecule has 1 aromatic rings. The average molecular weight is 259 g/mol. The van der Waals surface area contributed by atoms with Gasteiger partial charge in [-0.05, 0) is 12.5 Å². The zero-order valence-electron chi connectivity index (χ0n) is 9.55. The summed E-state index contributed by atoms with van der Waals surface area (Å²) >= 11 is 0. The fourth-order valence-corrected chi connectivity index (χ4v) is 1.86. The number of anilines is 1. The van der Waals surface area contributed by atoms with Crippen molar-refractivity contribution in [1.29, 1.82) is 0 Å². The highest BCUT2D eigenvalue weighted by Gasteiger charge is 2.16. The Morgan fingerprint density at radius 2 is 2.12 bits per heavy atom. The molecule has 1 aliphatic rings. The van der Waals surface area contributed by atoms with Crippen molar-refractivity contribution >= 4 is 23.9 Å². The van der Waals surface area contributed by atoms with E-state index in [1.807, 2.05) is 6.92 Å². The quantitative estimate of drug-likeness (QED) is 0.636. The first kappa shape index (κ1) is 13.7. The fourth-order valence-electron chi connectivity index (χ4n) is 1.86. The van der Waals surface area contributed by atoms with Crippen LogP contribution in [0.15, 0.2) is 12.3 Å². The number of nitrogens with zero attached hydrogens (tertiary/aromatic N) is 3. The number of nitrogens with one attached hydrogen (secondary N) is 1. The lowest BCUT2D eigenvalue weighted by Gasteiger charge is -2.29. The maximum atomic E-state index is 10.6. The van der Waals surface area contributed by atoms with Crippen LogP contribution >= 0.6 is 12.4 Å². The Kier molecular flexibility index (Phi) is 4.65. The summed E-state index contributed by atoms with van der Waals surface area (Å²) in [7, 11) is 0. The van der Waals surface area contributed by atoms with Gasteiger partial charge in [0, 0.05) is 32.2 Å². The van der Waals surface area contributed by atoms with Gasteiger partial charge in [0.2, 0.25) is 0 Å². The molecular weight excluding hydrogens is 244 g/mol. The van der Waals surface area contributed by atoms with Crippen LogP contribution in [0.5, 0.6) is 0 Å². The molecule has 2 rings (SSSR count). The summed E-state index contributed by atoms with van der Waals surface area (Å²) < 4.78 is 0. The van der Waals surface area contributed by atoms with Crippen molar-refractivity contribution in [2.75, 3.05) is 31.1 Å². The number of pyridine rings is 1. The second-order valence-electron chi connectivity index (χ2n) is 3.83. The van der Waals surface area contributed by atoms with Crippen LogP contribution in [0.1, 0.15) is 5.56 Å². The highest BCUT2D eigenvalue weighted by atomic mass is 35.5. The van der Waals surface area contributed by atoms with E-state index >= 15 is 0 Å². The van der Waals surface area contributed by atoms with Crippen LogP contribution in [0, 0.1) is 17.0 Å². The smallest absolute Gasteiger partial charge is 0.287 e. The molecule has 0 amide bonds. The Morgan fingerprint density at radius 3 is 2.65 bits per heavy atom. The fraction of sp³-hybridized carbons (Fsp3) is 0.500.